The van der Waals surface area contributed by atoms with E-state index in [0.29, 0.717) is 6.42 Å². The molecule has 0 radical (unpaired) electrons. The van der Waals surface area contributed by atoms with Crippen LogP contribution in [0.1, 0.15) is 39.2 Å². The van der Waals surface area contributed by atoms with E-state index >= 15 is 0 Å². The zero-order valence-corrected chi connectivity index (χ0v) is 15.2. The van der Waals surface area contributed by atoms with Crippen LogP contribution in [0.15, 0.2) is 24.3 Å². The molecule has 1 unspecified atom stereocenters. The Kier molecular flexibility index (Phi) is 4.99. The molecule has 1 atom stereocenters. The number of rotatable bonds is 2. The largest absolute Gasteiger partial charge is 0.443 e. The number of ether oxygens (including phenoxy) is 1. The van der Waals surface area contributed by atoms with Crippen molar-refractivity contribution in [2.75, 3.05) is 18.0 Å². The van der Waals surface area contributed by atoms with E-state index in [1.165, 1.54) is 4.90 Å². The second-order valence-corrected chi connectivity index (χ2v) is 7.73. The van der Waals surface area contributed by atoms with Crippen LogP contribution >= 0.6 is 0 Å². The van der Waals surface area contributed by atoms with E-state index in [1.54, 1.807) is 0 Å². The molecule has 0 aromatic heterocycles. The van der Waals surface area contributed by atoms with Crippen molar-refractivity contribution in [1.29, 1.82) is 0 Å². The molecule has 1 saturated heterocycles. The Balaban J connectivity index is 1.79. The highest BCUT2D eigenvalue weighted by atomic mass is 16.6. The summed E-state index contributed by atoms with van der Waals surface area (Å²) in [6.07, 6.45) is 1.88. The van der Waals surface area contributed by atoms with Gasteiger partial charge in [-0.15, -0.1) is 0 Å². The maximum Gasteiger partial charge on any atom is 0.415 e. The smallest absolute Gasteiger partial charge is 0.415 e. The second-order valence-electron chi connectivity index (χ2n) is 7.73. The molecular weight excluding hydrogens is 318 g/mol. The Morgan fingerprint density at radius 2 is 1.88 bits per heavy atom. The van der Waals surface area contributed by atoms with Gasteiger partial charge in [-0.05, 0) is 58.3 Å². The number of benzene rings is 1. The number of nitrogens with one attached hydrogen (secondary N) is 2. The van der Waals surface area contributed by atoms with Gasteiger partial charge in [0.05, 0.1) is 5.69 Å². The summed E-state index contributed by atoms with van der Waals surface area (Å²) in [6.45, 7) is 7.31. The van der Waals surface area contributed by atoms with Crippen molar-refractivity contribution in [2.45, 2.75) is 57.7 Å². The number of piperidine rings is 1. The van der Waals surface area contributed by atoms with Gasteiger partial charge in [-0.3, -0.25) is 9.69 Å². The summed E-state index contributed by atoms with van der Waals surface area (Å²) in [5.41, 5.74) is 1.16. The van der Waals surface area contributed by atoms with E-state index in [4.69, 9.17) is 4.74 Å². The van der Waals surface area contributed by atoms with Gasteiger partial charge in [-0.1, -0.05) is 18.2 Å². The molecule has 2 heterocycles. The van der Waals surface area contributed by atoms with E-state index in [0.717, 1.165) is 37.2 Å². The molecule has 0 aliphatic carbocycles. The first-order chi connectivity index (χ1) is 11.8. The summed E-state index contributed by atoms with van der Waals surface area (Å²) < 4.78 is 5.55. The minimum absolute atomic E-state index is 0.103. The van der Waals surface area contributed by atoms with Crippen molar-refractivity contribution in [3.63, 3.8) is 0 Å². The number of carbonyl (C=O) groups excluding carboxylic acids is 2. The minimum Gasteiger partial charge on any atom is -0.443 e. The highest BCUT2D eigenvalue weighted by Gasteiger charge is 2.40. The fraction of sp³-hybridized carbons (Fsp3) is 0.579. The molecule has 2 N–H and O–H groups in total. The molecule has 0 saturated carbocycles. The topological polar surface area (TPSA) is 70.7 Å². The third kappa shape index (κ3) is 4.12. The molecule has 2 aliphatic rings. The first kappa shape index (κ1) is 17.7. The van der Waals surface area contributed by atoms with Gasteiger partial charge in [0.2, 0.25) is 5.91 Å². The third-order valence-electron chi connectivity index (χ3n) is 4.55. The quantitative estimate of drug-likeness (QED) is 0.862. The van der Waals surface area contributed by atoms with Crippen LogP contribution in [0.25, 0.3) is 0 Å². The third-order valence-corrected chi connectivity index (χ3v) is 4.55. The lowest BCUT2D eigenvalue weighted by Crippen LogP contribution is -2.53. The number of hydrogen-bond donors (Lipinski definition) is 2. The number of anilines is 1. The average Bonchev–Trinajstić information content (AvgIpc) is 2.94. The van der Waals surface area contributed by atoms with Crippen LogP contribution in [0.2, 0.25) is 0 Å². The van der Waals surface area contributed by atoms with Gasteiger partial charge in [0.1, 0.15) is 11.6 Å². The number of amides is 2. The van der Waals surface area contributed by atoms with Gasteiger partial charge in [-0.25, -0.2) is 4.79 Å². The number of carbonyl (C=O) groups is 2. The molecular formula is C19H27N3O3. The first-order valence-corrected chi connectivity index (χ1v) is 8.96. The van der Waals surface area contributed by atoms with Gasteiger partial charge < -0.3 is 15.4 Å². The van der Waals surface area contributed by atoms with Crippen molar-refractivity contribution in [1.82, 2.24) is 10.6 Å². The average molecular weight is 345 g/mol. The summed E-state index contributed by atoms with van der Waals surface area (Å²) in [5, 5.41) is 6.40. The molecule has 25 heavy (non-hydrogen) atoms. The number of para-hydroxylation sites is 1. The van der Waals surface area contributed by atoms with E-state index in [9.17, 15) is 9.59 Å². The van der Waals surface area contributed by atoms with Gasteiger partial charge >= 0.3 is 6.09 Å². The summed E-state index contributed by atoms with van der Waals surface area (Å²) in [6, 6.07) is 7.25. The van der Waals surface area contributed by atoms with E-state index in [-0.39, 0.29) is 11.9 Å². The highest BCUT2D eigenvalue weighted by molar-refractivity contribution is 6.00. The molecule has 6 nitrogen and oxygen atoms in total. The fourth-order valence-electron chi connectivity index (χ4n) is 3.40. The Morgan fingerprint density at radius 1 is 1.20 bits per heavy atom. The molecule has 0 spiro atoms. The Bertz CT molecular complexity index is 648. The van der Waals surface area contributed by atoms with Gasteiger partial charge in [0, 0.05) is 12.5 Å². The van der Waals surface area contributed by atoms with Crippen molar-refractivity contribution in [2.24, 2.45) is 0 Å². The fourth-order valence-corrected chi connectivity index (χ4v) is 3.40. The van der Waals surface area contributed by atoms with E-state index in [2.05, 4.69) is 10.6 Å². The summed E-state index contributed by atoms with van der Waals surface area (Å²) in [7, 11) is 0. The van der Waals surface area contributed by atoms with Crippen LogP contribution in [-0.4, -0.2) is 42.8 Å². The first-order valence-electron chi connectivity index (χ1n) is 8.96. The molecule has 6 heteroatoms. The lowest BCUT2D eigenvalue weighted by molar-refractivity contribution is -0.123. The van der Waals surface area contributed by atoms with Crippen LogP contribution in [0.5, 0.6) is 0 Å². The predicted molar refractivity (Wildman–Crippen MR) is 96.7 cm³/mol. The van der Waals surface area contributed by atoms with Crippen LogP contribution in [0.4, 0.5) is 10.5 Å². The second kappa shape index (κ2) is 7.04. The van der Waals surface area contributed by atoms with E-state index < -0.39 is 17.7 Å². The van der Waals surface area contributed by atoms with Crippen LogP contribution in [0, 0.1) is 0 Å². The molecule has 1 aromatic carbocycles. The van der Waals surface area contributed by atoms with Gasteiger partial charge in [-0.2, -0.15) is 0 Å². The van der Waals surface area contributed by atoms with E-state index in [1.807, 2.05) is 45.0 Å². The predicted octanol–water partition coefficient (Wildman–Crippen LogP) is 2.22. The standard InChI is InChI=1S/C19H27N3O3/c1-19(2,3)25-18(24)22-15-7-5-4-6-13(15)12-16(22)17(23)21-14-8-10-20-11-9-14/h4-7,14,16,20H,8-12H2,1-3H3,(H,21,23). The van der Waals surface area contributed by atoms with Gasteiger partial charge in [0.15, 0.2) is 0 Å². The SMILES string of the molecule is CC(C)(C)OC(=O)N1c2ccccc2CC1C(=O)NC1CCNCC1. The lowest BCUT2D eigenvalue weighted by atomic mass is 10.1. The molecule has 2 amide bonds. The molecule has 136 valence electrons. The van der Waals surface area contributed by atoms with Crippen molar-refractivity contribution in [3.05, 3.63) is 29.8 Å². The zero-order chi connectivity index (χ0) is 18.0. The molecule has 3 rings (SSSR count). The summed E-state index contributed by atoms with van der Waals surface area (Å²) in [4.78, 5) is 27.1. The van der Waals surface area contributed by atoms with Crippen molar-refractivity contribution >= 4 is 17.7 Å². The minimum atomic E-state index is -0.606. The number of hydrogen-bond acceptors (Lipinski definition) is 4. The van der Waals surface area contributed by atoms with Crippen LogP contribution in [-0.2, 0) is 16.0 Å². The maximum atomic E-state index is 12.9. The monoisotopic (exact) mass is 345 g/mol. The Labute approximate surface area is 148 Å². The lowest BCUT2D eigenvalue weighted by Gasteiger charge is -2.30. The molecule has 2 aliphatic heterocycles. The maximum absolute atomic E-state index is 12.9. The van der Waals surface area contributed by atoms with Gasteiger partial charge in [0.25, 0.3) is 0 Å². The Morgan fingerprint density at radius 3 is 2.56 bits per heavy atom. The van der Waals surface area contributed by atoms with Crippen molar-refractivity contribution < 1.29 is 14.3 Å². The molecule has 0 bridgehead atoms. The summed E-state index contributed by atoms with van der Waals surface area (Å²) in [5.74, 6) is -0.103. The number of nitrogens with zero attached hydrogens (tertiary/aromatic N) is 1. The highest BCUT2D eigenvalue weighted by Crippen LogP contribution is 2.33. The molecule has 1 fully saturated rings. The van der Waals surface area contributed by atoms with Crippen LogP contribution < -0.4 is 15.5 Å². The summed E-state index contributed by atoms with van der Waals surface area (Å²) >= 11 is 0. The molecule has 1 aromatic rings. The number of fused-ring (bicyclic) bond motifs is 1. The normalized spacial score (nSPS) is 20.9. The zero-order valence-electron chi connectivity index (χ0n) is 15.2. The van der Waals surface area contributed by atoms with Crippen molar-refractivity contribution in [3.8, 4) is 0 Å². The van der Waals surface area contributed by atoms with Crippen LogP contribution in [0.3, 0.4) is 0 Å². The Hall–Kier alpha value is -2.08.